The van der Waals surface area contributed by atoms with Crippen molar-refractivity contribution in [3.8, 4) is 0 Å². The number of carbonyl (C=O) groups excluding carboxylic acids is 1. The molecule has 0 bridgehead atoms. The van der Waals surface area contributed by atoms with E-state index < -0.39 is 0 Å². The van der Waals surface area contributed by atoms with Crippen molar-refractivity contribution in [2.75, 3.05) is 0 Å². The van der Waals surface area contributed by atoms with Crippen molar-refractivity contribution in [1.29, 1.82) is 0 Å². The van der Waals surface area contributed by atoms with Crippen LogP contribution in [0.25, 0.3) is 21.9 Å². The zero-order chi connectivity index (χ0) is 28.2. The molecule has 2 N–H and O–H groups in total. The maximum atomic E-state index is 13.7. The average Bonchev–Trinajstić information content (AvgIpc) is 3.42. The van der Waals surface area contributed by atoms with Crippen LogP contribution >= 0.6 is 23.4 Å². The van der Waals surface area contributed by atoms with E-state index in [9.17, 15) is 9.59 Å². The number of H-pyrrole nitrogens is 1. The molecule has 0 aliphatic heterocycles. The molecule has 9 heteroatoms. The maximum absolute atomic E-state index is 13.7. The van der Waals surface area contributed by atoms with Crippen molar-refractivity contribution in [2.45, 2.75) is 30.4 Å². The molecule has 0 saturated carbocycles. The van der Waals surface area contributed by atoms with E-state index in [1.54, 1.807) is 28.8 Å². The van der Waals surface area contributed by atoms with Crippen LogP contribution in [0.15, 0.2) is 107 Å². The molecule has 6 aromatic rings. The molecule has 1 amide bonds. The first-order chi connectivity index (χ1) is 20.0. The Morgan fingerprint density at radius 2 is 1.68 bits per heavy atom. The van der Waals surface area contributed by atoms with Crippen LogP contribution in [0.2, 0.25) is 5.02 Å². The highest BCUT2D eigenvalue weighted by molar-refractivity contribution is 7.98. The monoisotopic (exact) mass is 579 g/mol. The Kier molecular flexibility index (Phi) is 7.84. The largest absolute Gasteiger partial charge is 0.348 e. The smallest absolute Gasteiger partial charge is 0.262 e. The number of hydrogen-bond donors (Lipinski definition) is 2. The maximum Gasteiger partial charge on any atom is 0.262 e. The van der Waals surface area contributed by atoms with Crippen LogP contribution in [0, 0.1) is 0 Å². The molecular weight excluding hydrogens is 554 g/mol. The second-order valence-corrected chi connectivity index (χ2v) is 10.9. The highest BCUT2D eigenvalue weighted by Crippen LogP contribution is 2.24. The number of aromatic amines is 1. The summed E-state index contributed by atoms with van der Waals surface area (Å²) in [6, 6.07) is 30.3. The molecule has 0 unspecified atom stereocenters. The van der Waals surface area contributed by atoms with E-state index in [1.807, 2.05) is 72.8 Å². The van der Waals surface area contributed by atoms with Gasteiger partial charge in [0.15, 0.2) is 5.16 Å². The number of amides is 1. The summed E-state index contributed by atoms with van der Waals surface area (Å²) in [7, 11) is 0. The number of carbonyl (C=O) groups is 1. The molecule has 2 heterocycles. The predicted octanol–water partition coefficient (Wildman–Crippen LogP) is 6.39. The summed E-state index contributed by atoms with van der Waals surface area (Å²) in [5.41, 5.74) is 4.58. The Balaban J connectivity index is 1.30. The topological polar surface area (TPSA) is 92.7 Å². The van der Waals surface area contributed by atoms with E-state index in [0.717, 1.165) is 28.0 Å². The number of nitrogens with one attached hydrogen (secondary N) is 2. The van der Waals surface area contributed by atoms with Crippen molar-refractivity contribution in [3.63, 3.8) is 0 Å². The van der Waals surface area contributed by atoms with Crippen LogP contribution in [0.3, 0.4) is 0 Å². The minimum absolute atomic E-state index is 0.138. The number of fused-ring (bicyclic) bond motifs is 2. The van der Waals surface area contributed by atoms with Crippen LogP contribution in [-0.2, 0) is 25.3 Å². The molecule has 2 aromatic heterocycles. The van der Waals surface area contributed by atoms with Crippen LogP contribution in [0.4, 0.5) is 0 Å². The van der Waals surface area contributed by atoms with Gasteiger partial charge in [0.05, 0.1) is 27.7 Å². The Bertz CT molecular complexity index is 1890. The molecule has 0 spiro atoms. The Morgan fingerprint density at radius 3 is 2.51 bits per heavy atom. The third-order valence-electron chi connectivity index (χ3n) is 6.82. The Labute approximate surface area is 245 Å². The standard InChI is InChI=1S/C32H26ClN5O2S/c33-25-11-5-4-10-23(25)19-34-30(39)22-14-15-24-28(18-22)37-32(38(31(24)40)17-16-21-8-2-1-3-9-21)41-20-29-35-26-12-6-7-13-27(26)36-29/h1-15,18H,16-17,19-20H2,(H,34,39)(H,35,36). The SMILES string of the molecule is O=C(NCc1ccccc1Cl)c1ccc2c(=O)n(CCc3ccccc3)c(SCc3nc4ccccc4[nH]3)nc2c1. The number of benzene rings is 4. The van der Waals surface area contributed by atoms with Gasteiger partial charge in [-0.05, 0) is 53.9 Å². The van der Waals surface area contributed by atoms with Crippen molar-refractivity contribution < 1.29 is 4.79 Å². The Morgan fingerprint density at radius 1 is 0.902 bits per heavy atom. The second kappa shape index (κ2) is 12.0. The molecule has 7 nitrogen and oxygen atoms in total. The van der Waals surface area contributed by atoms with Gasteiger partial charge in [-0.1, -0.05) is 84.0 Å². The van der Waals surface area contributed by atoms with Gasteiger partial charge in [0.1, 0.15) is 5.82 Å². The first-order valence-corrected chi connectivity index (χ1v) is 14.6. The van der Waals surface area contributed by atoms with Gasteiger partial charge in [0.2, 0.25) is 0 Å². The fraction of sp³-hybridized carbons (Fsp3) is 0.125. The van der Waals surface area contributed by atoms with E-state index in [1.165, 1.54) is 11.8 Å². The highest BCUT2D eigenvalue weighted by Gasteiger charge is 2.16. The normalized spacial score (nSPS) is 11.2. The first-order valence-electron chi connectivity index (χ1n) is 13.2. The summed E-state index contributed by atoms with van der Waals surface area (Å²) in [5, 5.41) is 4.54. The van der Waals surface area contributed by atoms with Crippen LogP contribution < -0.4 is 10.9 Å². The van der Waals surface area contributed by atoms with Gasteiger partial charge < -0.3 is 10.3 Å². The molecule has 0 atom stereocenters. The number of hydrogen-bond acceptors (Lipinski definition) is 5. The van der Waals surface area contributed by atoms with Gasteiger partial charge in [-0.25, -0.2) is 9.97 Å². The molecule has 0 radical (unpaired) electrons. The summed E-state index contributed by atoms with van der Waals surface area (Å²) in [6.45, 7) is 0.776. The Hall–Kier alpha value is -4.40. The zero-order valence-corrected chi connectivity index (χ0v) is 23.6. The molecule has 6 rings (SSSR count). The van der Waals surface area contributed by atoms with Crippen molar-refractivity contribution in [1.82, 2.24) is 24.8 Å². The molecule has 41 heavy (non-hydrogen) atoms. The van der Waals surface area contributed by atoms with Crippen LogP contribution in [-0.4, -0.2) is 25.4 Å². The lowest BCUT2D eigenvalue weighted by Crippen LogP contribution is -2.25. The van der Waals surface area contributed by atoms with Gasteiger partial charge in [-0.2, -0.15) is 0 Å². The van der Waals surface area contributed by atoms with E-state index >= 15 is 0 Å². The molecule has 0 aliphatic rings. The van der Waals surface area contributed by atoms with E-state index in [4.69, 9.17) is 16.6 Å². The number of nitrogens with zero attached hydrogens (tertiary/aromatic N) is 3. The average molecular weight is 580 g/mol. The lowest BCUT2D eigenvalue weighted by molar-refractivity contribution is 0.0951. The lowest BCUT2D eigenvalue weighted by atomic mass is 10.1. The molecule has 204 valence electrons. The van der Waals surface area contributed by atoms with Gasteiger partial charge >= 0.3 is 0 Å². The minimum Gasteiger partial charge on any atom is -0.348 e. The van der Waals surface area contributed by atoms with Gasteiger partial charge in [0.25, 0.3) is 11.5 Å². The van der Waals surface area contributed by atoms with E-state index in [2.05, 4.69) is 15.3 Å². The number of rotatable bonds is 9. The number of para-hydroxylation sites is 2. The van der Waals surface area contributed by atoms with Gasteiger partial charge in [-0.15, -0.1) is 0 Å². The quantitative estimate of drug-likeness (QED) is 0.153. The summed E-state index contributed by atoms with van der Waals surface area (Å²) in [4.78, 5) is 39.6. The van der Waals surface area contributed by atoms with Crippen molar-refractivity contribution in [3.05, 3.63) is 135 Å². The molecule has 4 aromatic carbocycles. The second-order valence-electron chi connectivity index (χ2n) is 9.58. The van der Waals surface area contributed by atoms with E-state index in [-0.39, 0.29) is 11.5 Å². The van der Waals surface area contributed by atoms with Crippen LogP contribution in [0.1, 0.15) is 27.3 Å². The number of thioether (sulfide) groups is 1. The predicted molar refractivity (Wildman–Crippen MR) is 164 cm³/mol. The summed E-state index contributed by atoms with van der Waals surface area (Å²) in [5.74, 6) is 1.04. The summed E-state index contributed by atoms with van der Waals surface area (Å²) in [6.07, 6.45) is 0.689. The van der Waals surface area contributed by atoms with Crippen molar-refractivity contribution >= 4 is 51.2 Å². The number of aromatic nitrogens is 4. The molecule has 0 aliphatic carbocycles. The van der Waals surface area contributed by atoms with Crippen LogP contribution in [0.5, 0.6) is 0 Å². The van der Waals surface area contributed by atoms with E-state index in [0.29, 0.717) is 51.9 Å². The number of aryl methyl sites for hydroxylation is 1. The number of imidazole rings is 1. The van der Waals surface area contributed by atoms with Gasteiger partial charge in [-0.3, -0.25) is 14.2 Å². The van der Waals surface area contributed by atoms with Crippen molar-refractivity contribution in [2.24, 2.45) is 0 Å². The molecule has 0 saturated heterocycles. The minimum atomic E-state index is -0.265. The highest BCUT2D eigenvalue weighted by atomic mass is 35.5. The zero-order valence-electron chi connectivity index (χ0n) is 22.0. The molecular formula is C32H26ClN5O2S. The fourth-order valence-electron chi connectivity index (χ4n) is 4.66. The summed E-state index contributed by atoms with van der Waals surface area (Å²) < 4.78 is 1.72. The third kappa shape index (κ3) is 6.04. The molecule has 0 fully saturated rings. The summed E-state index contributed by atoms with van der Waals surface area (Å²) >= 11 is 7.68. The van der Waals surface area contributed by atoms with Gasteiger partial charge in [0, 0.05) is 23.7 Å². The third-order valence-corrected chi connectivity index (χ3v) is 8.18. The fourth-order valence-corrected chi connectivity index (χ4v) is 5.76. The first kappa shape index (κ1) is 26.8. The number of halogens is 1. The lowest BCUT2D eigenvalue weighted by Gasteiger charge is -2.14.